The van der Waals surface area contributed by atoms with Crippen molar-refractivity contribution in [1.82, 2.24) is 20.2 Å². The third-order valence-corrected chi connectivity index (χ3v) is 9.02. The molecule has 0 radical (unpaired) electrons. The quantitative estimate of drug-likeness (QED) is 0.208. The summed E-state index contributed by atoms with van der Waals surface area (Å²) in [5.41, 5.74) is -1.35. The van der Waals surface area contributed by atoms with Crippen LogP contribution in [0.2, 0.25) is 0 Å². The Labute approximate surface area is 262 Å². The number of carbonyl (C=O) groups is 4. The highest BCUT2D eigenvalue weighted by Crippen LogP contribution is 2.32. The molecule has 0 aromatic rings. The van der Waals surface area contributed by atoms with Crippen LogP contribution >= 0.6 is 0 Å². The average Bonchev–Trinajstić information content (AvgIpc) is 3.17. The second-order valence-corrected chi connectivity index (χ2v) is 15.3. The summed E-state index contributed by atoms with van der Waals surface area (Å²) < 4.78 is 40.7. The van der Waals surface area contributed by atoms with E-state index in [-0.39, 0.29) is 36.4 Å². The largest absolute Gasteiger partial charge is 0.465 e. The molecule has 3 aliphatic heterocycles. The Morgan fingerprint density at radius 1 is 0.955 bits per heavy atom. The summed E-state index contributed by atoms with van der Waals surface area (Å²) in [5, 5.41) is 3.77. The van der Waals surface area contributed by atoms with E-state index in [1.807, 2.05) is 25.7 Å². The number of hydroxylamine groups is 2. The molecule has 0 aliphatic carbocycles. The van der Waals surface area contributed by atoms with Crippen LogP contribution in [0, 0.1) is 10.8 Å². The Balaban J connectivity index is 1.45. The lowest BCUT2D eigenvalue weighted by Gasteiger charge is -2.35. The Morgan fingerprint density at radius 3 is 2.25 bits per heavy atom. The predicted octanol–water partition coefficient (Wildman–Crippen LogP) is 3.53. The fourth-order valence-corrected chi connectivity index (χ4v) is 6.47. The molecule has 0 aromatic heterocycles. The first-order valence-electron chi connectivity index (χ1n) is 16.0. The molecule has 3 aliphatic rings. The molecule has 0 saturated carbocycles. The zero-order valence-corrected chi connectivity index (χ0v) is 28.1. The van der Waals surface area contributed by atoms with Gasteiger partial charge in [-0.2, -0.15) is 13.5 Å². The SMILES string of the molecule is CCCCCCCOC(=O)C(C)(C)COS(=O)(=O)ON1C(=O)N2C[C@H]1CC[C@H]2C(=O)NC1CCN(C(=O)CC(C)(C)C)CC1. The van der Waals surface area contributed by atoms with Crippen molar-refractivity contribution >= 4 is 34.2 Å². The van der Waals surface area contributed by atoms with Crippen LogP contribution in [0.5, 0.6) is 0 Å². The van der Waals surface area contributed by atoms with Crippen molar-refractivity contribution in [2.24, 2.45) is 10.8 Å². The second kappa shape index (κ2) is 15.2. The van der Waals surface area contributed by atoms with Gasteiger partial charge in [0.25, 0.3) is 0 Å². The average molecular weight is 645 g/mol. The highest BCUT2D eigenvalue weighted by Gasteiger charge is 2.50. The Hall–Kier alpha value is -2.45. The van der Waals surface area contributed by atoms with E-state index < -0.39 is 46.5 Å². The molecule has 3 saturated heterocycles. The molecule has 4 amide bonds. The molecule has 0 aromatic carbocycles. The minimum absolute atomic E-state index is 0.0934. The van der Waals surface area contributed by atoms with E-state index in [4.69, 9.17) is 13.2 Å². The number of likely N-dealkylation sites (tertiary alicyclic amines) is 1. The van der Waals surface area contributed by atoms with Gasteiger partial charge in [0.15, 0.2) is 0 Å². The van der Waals surface area contributed by atoms with Gasteiger partial charge in [0.05, 0.1) is 24.7 Å². The Kier molecular flexibility index (Phi) is 12.5. The molecule has 14 heteroatoms. The normalized spacial score (nSPS) is 21.5. The summed E-state index contributed by atoms with van der Waals surface area (Å²) in [4.78, 5) is 54.5. The minimum atomic E-state index is -4.69. The Bertz CT molecular complexity index is 1130. The van der Waals surface area contributed by atoms with E-state index in [2.05, 4.69) is 12.2 Å². The zero-order valence-electron chi connectivity index (χ0n) is 27.3. The number of piperidine rings is 2. The van der Waals surface area contributed by atoms with Gasteiger partial charge in [-0.15, -0.1) is 4.28 Å². The van der Waals surface area contributed by atoms with E-state index in [0.29, 0.717) is 45.2 Å². The van der Waals surface area contributed by atoms with E-state index in [0.717, 1.165) is 37.2 Å². The van der Waals surface area contributed by atoms with Gasteiger partial charge in [-0.25, -0.2) is 8.98 Å². The number of hydrogen-bond acceptors (Lipinski definition) is 9. The molecule has 2 atom stereocenters. The number of fused-ring (bicyclic) bond motifs is 2. The number of amides is 4. The molecule has 252 valence electrons. The van der Waals surface area contributed by atoms with Crippen LogP contribution in [0.1, 0.15) is 106 Å². The summed E-state index contributed by atoms with van der Waals surface area (Å²) in [6, 6.07) is -2.17. The summed E-state index contributed by atoms with van der Waals surface area (Å²) in [5.74, 6) is -0.778. The first-order valence-corrected chi connectivity index (χ1v) is 17.3. The van der Waals surface area contributed by atoms with Crippen molar-refractivity contribution in [2.75, 3.05) is 32.8 Å². The number of urea groups is 1. The third-order valence-electron chi connectivity index (χ3n) is 8.27. The summed E-state index contributed by atoms with van der Waals surface area (Å²) >= 11 is 0. The van der Waals surface area contributed by atoms with Crippen molar-refractivity contribution in [3.05, 3.63) is 0 Å². The lowest BCUT2D eigenvalue weighted by atomic mass is 9.91. The molecule has 1 N–H and O–H groups in total. The molecule has 2 bridgehead atoms. The summed E-state index contributed by atoms with van der Waals surface area (Å²) in [6.45, 7) is 12.2. The van der Waals surface area contributed by atoms with Gasteiger partial charge < -0.3 is 19.9 Å². The molecular formula is C30H52N4O9S. The van der Waals surface area contributed by atoms with Crippen LogP contribution in [0.4, 0.5) is 4.79 Å². The van der Waals surface area contributed by atoms with Crippen molar-refractivity contribution < 1.29 is 40.8 Å². The van der Waals surface area contributed by atoms with E-state index in [1.165, 1.54) is 18.7 Å². The smallest absolute Gasteiger partial charge is 0.421 e. The highest BCUT2D eigenvalue weighted by atomic mass is 32.3. The number of unbranched alkanes of at least 4 members (excludes halogenated alkanes) is 4. The van der Waals surface area contributed by atoms with E-state index in [1.54, 1.807) is 0 Å². The molecule has 0 unspecified atom stereocenters. The fraction of sp³-hybridized carbons (Fsp3) is 0.867. The first-order chi connectivity index (χ1) is 20.5. The lowest BCUT2D eigenvalue weighted by Crippen LogP contribution is -2.54. The van der Waals surface area contributed by atoms with Crippen LogP contribution in [-0.2, 0) is 38.0 Å². The van der Waals surface area contributed by atoms with Crippen molar-refractivity contribution in [3.63, 3.8) is 0 Å². The van der Waals surface area contributed by atoms with Gasteiger partial charge in [-0.1, -0.05) is 53.4 Å². The topological polar surface area (TPSA) is 152 Å². The Morgan fingerprint density at radius 2 is 1.61 bits per heavy atom. The second-order valence-electron chi connectivity index (χ2n) is 14.1. The summed E-state index contributed by atoms with van der Waals surface area (Å²) in [7, 11) is -4.69. The van der Waals surface area contributed by atoms with Crippen molar-refractivity contribution in [2.45, 2.75) is 124 Å². The predicted molar refractivity (Wildman–Crippen MR) is 162 cm³/mol. The van der Waals surface area contributed by atoms with Crippen molar-refractivity contribution in [1.29, 1.82) is 0 Å². The van der Waals surface area contributed by atoms with Gasteiger partial charge >= 0.3 is 22.4 Å². The zero-order chi connectivity index (χ0) is 32.7. The fourth-order valence-electron chi connectivity index (χ4n) is 5.60. The van der Waals surface area contributed by atoms with E-state index >= 15 is 0 Å². The number of hydrogen-bond donors (Lipinski definition) is 1. The molecule has 3 fully saturated rings. The van der Waals surface area contributed by atoms with Gasteiger partial charge in [-0.3, -0.25) is 14.4 Å². The van der Waals surface area contributed by atoms with E-state index in [9.17, 15) is 27.6 Å². The van der Waals surface area contributed by atoms with Gasteiger partial charge in [-0.05, 0) is 51.4 Å². The molecule has 13 nitrogen and oxygen atoms in total. The van der Waals surface area contributed by atoms with Gasteiger partial charge in [0, 0.05) is 32.1 Å². The lowest BCUT2D eigenvalue weighted by molar-refractivity contribution is -0.156. The number of carbonyl (C=O) groups excluding carboxylic acids is 4. The maximum atomic E-state index is 13.2. The van der Waals surface area contributed by atoms with Crippen LogP contribution in [0.3, 0.4) is 0 Å². The standard InChI is InChI=1S/C30H52N4O9S/c1-7-8-9-10-11-18-41-27(37)30(5,6)21-42-44(39,40)43-34-23-12-13-24(33(20-23)28(34)38)26(36)31-22-14-16-32(17-15-22)25(35)19-29(2,3)4/h22-24H,7-21H2,1-6H3,(H,31,36)/t23-,24+/m1/s1. The van der Waals surface area contributed by atoms with Crippen LogP contribution in [0.25, 0.3) is 0 Å². The molecule has 3 rings (SSSR count). The minimum Gasteiger partial charge on any atom is -0.465 e. The maximum absolute atomic E-state index is 13.2. The third kappa shape index (κ3) is 10.3. The highest BCUT2D eigenvalue weighted by molar-refractivity contribution is 7.81. The number of nitrogens with zero attached hydrogens (tertiary/aromatic N) is 3. The monoisotopic (exact) mass is 644 g/mol. The summed E-state index contributed by atoms with van der Waals surface area (Å²) in [6.07, 6.45) is 7.41. The first kappa shape index (κ1) is 36.0. The van der Waals surface area contributed by atoms with Crippen molar-refractivity contribution in [3.8, 4) is 0 Å². The number of esters is 1. The van der Waals surface area contributed by atoms with Crippen LogP contribution in [0.15, 0.2) is 0 Å². The van der Waals surface area contributed by atoms with Crippen LogP contribution in [-0.4, -0.2) is 98.1 Å². The number of ether oxygens (including phenoxy) is 1. The van der Waals surface area contributed by atoms with Gasteiger partial charge in [0.2, 0.25) is 11.8 Å². The van der Waals surface area contributed by atoms with Crippen LogP contribution < -0.4 is 5.32 Å². The number of nitrogens with one attached hydrogen (secondary N) is 1. The van der Waals surface area contributed by atoms with Gasteiger partial charge in [0.1, 0.15) is 6.04 Å². The molecule has 0 spiro atoms. The molecule has 44 heavy (non-hydrogen) atoms. The molecular weight excluding hydrogens is 592 g/mol. The number of rotatable bonds is 15. The maximum Gasteiger partial charge on any atom is 0.421 e. The molecule has 3 heterocycles.